The summed E-state index contributed by atoms with van der Waals surface area (Å²) in [6.07, 6.45) is 7.33. The molecule has 0 saturated carbocycles. The van der Waals surface area contributed by atoms with Crippen molar-refractivity contribution in [2.24, 2.45) is 21.1 Å². The first kappa shape index (κ1) is 12.9. The van der Waals surface area contributed by atoms with Crippen molar-refractivity contribution in [1.82, 2.24) is 18.7 Å². The van der Waals surface area contributed by atoms with Crippen molar-refractivity contribution in [1.29, 1.82) is 0 Å². The van der Waals surface area contributed by atoms with Crippen molar-refractivity contribution in [3.8, 4) is 0 Å². The molecule has 1 aliphatic carbocycles. The Morgan fingerprint density at radius 3 is 2.50 bits per heavy atom. The summed E-state index contributed by atoms with van der Waals surface area (Å²) in [5.74, 6) is 1.21. The molecule has 6 heteroatoms. The number of rotatable bonds is 1. The number of imidazole rings is 1. The molecule has 2 heterocycles. The van der Waals surface area contributed by atoms with E-state index in [2.05, 4.69) is 17.1 Å². The van der Waals surface area contributed by atoms with Crippen LogP contribution in [0, 0.1) is 0 Å². The van der Waals surface area contributed by atoms with Gasteiger partial charge in [-0.2, -0.15) is 0 Å². The van der Waals surface area contributed by atoms with E-state index in [-0.39, 0.29) is 11.2 Å². The summed E-state index contributed by atoms with van der Waals surface area (Å²) >= 11 is 0. The standard InChI is InChI=1S/C14H18N4O2/c1-16-10-12(17(2)14(20)18(3)13(10)19)15-11(16)9-7-5-4-6-8-9/h4-5,9H,6-8H2,1-3H3/t9-/m1/s1. The molecule has 6 nitrogen and oxygen atoms in total. The van der Waals surface area contributed by atoms with Gasteiger partial charge < -0.3 is 4.57 Å². The van der Waals surface area contributed by atoms with Crippen molar-refractivity contribution in [2.45, 2.75) is 25.2 Å². The quantitative estimate of drug-likeness (QED) is 0.722. The molecule has 0 N–H and O–H groups in total. The van der Waals surface area contributed by atoms with Crippen LogP contribution in [0.2, 0.25) is 0 Å². The second kappa shape index (κ2) is 4.47. The maximum Gasteiger partial charge on any atom is 0.332 e. The smallest absolute Gasteiger partial charge is 0.325 e. The Morgan fingerprint density at radius 2 is 1.85 bits per heavy atom. The summed E-state index contributed by atoms with van der Waals surface area (Å²) in [6, 6.07) is 0. The Hall–Kier alpha value is -2.11. The molecule has 2 aromatic heterocycles. The van der Waals surface area contributed by atoms with Crippen molar-refractivity contribution >= 4 is 11.2 Å². The number of aromatic nitrogens is 4. The van der Waals surface area contributed by atoms with Gasteiger partial charge in [-0.1, -0.05) is 12.2 Å². The molecule has 3 rings (SSSR count). The zero-order valence-electron chi connectivity index (χ0n) is 12.0. The molecule has 20 heavy (non-hydrogen) atoms. The molecule has 0 fully saturated rings. The number of aryl methyl sites for hydroxylation is 2. The fraction of sp³-hybridized carbons (Fsp3) is 0.500. The second-order valence-electron chi connectivity index (χ2n) is 5.39. The topological polar surface area (TPSA) is 61.8 Å². The van der Waals surface area contributed by atoms with Gasteiger partial charge >= 0.3 is 5.69 Å². The average Bonchev–Trinajstić information content (AvgIpc) is 2.81. The van der Waals surface area contributed by atoms with Gasteiger partial charge in [0.05, 0.1) is 0 Å². The zero-order valence-corrected chi connectivity index (χ0v) is 12.0. The lowest BCUT2D eigenvalue weighted by Crippen LogP contribution is -2.37. The Labute approximate surface area is 116 Å². The highest BCUT2D eigenvalue weighted by atomic mass is 16.2. The summed E-state index contributed by atoms with van der Waals surface area (Å²) in [4.78, 5) is 28.8. The lowest BCUT2D eigenvalue weighted by molar-refractivity contribution is 0.565. The van der Waals surface area contributed by atoms with Crippen LogP contribution in [0.5, 0.6) is 0 Å². The molecule has 1 atom stereocenters. The van der Waals surface area contributed by atoms with Crippen LogP contribution in [-0.2, 0) is 21.1 Å². The van der Waals surface area contributed by atoms with E-state index in [4.69, 9.17) is 0 Å². The number of fused-ring (bicyclic) bond motifs is 1. The predicted octanol–water partition coefficient (Wildman–Crippen LogP) is 0.794. The minimum Gasteiger partial charge on any atom is -0.325 e. The van der Waals surface area contributed by atoms with Crippen LogP contribution in [0.3, 0.4) is 0 Å². The summed E-state index contributed by atoms with van der Waals surface area (Å²) in [5.41, 5.74) is 0.357. The maximum atomic E-state index is 12.3. The van der Waals surface area contributed by atoms with Crippen LogP contribution >= 0.6 is 0 Å². The largest absolute Gasteiger partial charge is 0.332 e. The normalized spacial score (nSPS) is 18.9. The van der Waals surface area contributed by atoms with E-state index < -0.39 is 0 Å². The molecule has 106 valence electrons. The fourth-order valence-corrected chi connectivity index (χ4v) is 2.93. The summed E-state index contributed by atoms with van der Waals surface area (Å²) in [5, 5.41) is 0. The maximum absolute atomic E-state index is 12.3. The lowest BCUT2D eigenvalue weighted by Gasteiger charge is -2.16. The average molecular weight is 274 g/mol. The first-order chi connectivity index (χ1) is 9.52. The molecule has 2 aromatic rings. The Balaban J connectivity index is 2.33. The van der Waals surface area contributed by atoms with Gasteiger partial charge in [0.25, 0.3) is 5.56 Å². The molecule has 0 unspecified atom stereocenters. The zero-order chi connectivity index (χ0) is 14.4. The van der Waals surface area contributed by atoms with Crippen molar-refractivity contribution in [3.05, 3.63) is 38.8 Å². The van der Waals surface area contributed by atoms with E-state index in [1.54, 1.807) is 7.05 Å². The van der Waals surface area contributed by atoms with Gasteiger partial charge in [0.15, 0.2) is 11.2 Å². The van der Waals surface area contributed by atoms with Crippen LogP contribution in [0.4, 0.5) is 0 Å². The number of nitrogens with zero attached hydrogens (tertiary/aromatic N) is 4. The molecular weight excluding hydrogens is 256 g/mol. The molecule has 0 amide bonds. The SMILES string of the molecule is Cn1c(=O)c2c(nc([C@@H]3CC=CCC3)n2C)n(C)c1=O. The van der Waals surface area contributed by atoms with E-state index in [0.717, 1.165) is 29.7 Å². The van der Waals surface area contributed by atoms with Crippen molar-refractivity contribution in [3.63, 3.8) is 0 Å². The van der Waals surface area contributed by atoms with E-state index in [1.165, 1.54) is 11.6 Å². The van der Waals surface area contributed by atoms with Gasteiger partial charge in [-0.25, -0.2) is 9.78 Å². The van der Waals surface area contributed by atoms with Crippen molar-refractivity contribution in [2.75, 3.05) is 0 Å². The van der Waals surface area contributed by atoms with Gasteiger partial charge in [0, 0.05) is 27.1 Å². The Bertz CT molecular complexity index is 822. The van der Waals surface area contributed by atoms with Gasteiger partial charge in [0.1, 0.15) is 5.82 Å². The predicted molar refractivity (Wildman–Crippen MR) is 76.9 cm³/mol. The van der Waals surface area contributed by atoms with Crippen LogP contribution in [-0.4, -0.2) is 18.7 Å². The number of hydrogen-bond donors (Lipinski definition) is 0. The molecule has 0 spiro atoms. The van der Waals surface area contributed by atoms with Gasteiger partial charge in [-0.15, -0.1) is 0 Å². The Morgan fingerprint density at radius 1 is 1.10 bits per heavy atom. The Kier molecular flexibility index (Phi) is 2.88. The van der Waals surface area contributed by atoms with E-state index in [9.17, 15) is 9.59 Å². The third-order valence-electron chi connectivity index (χ3n) is 4.14. The molecule has 0 radical (unpaired) electrons. The highest BCUT2D eigenvalue weighted by Crippen LogP contribution is 2.29. The molecule has 1 aliphatic rings. The number of allylic oxidation sites excluding steroid dienone is 2. The van der Waals surface area contributed by atoms with Crippen LogP contribution < -0.4 is 11.2 Å². The second-order valence-corrected chi connectivity index (χ2v) is 5.39. The van der Waals surface area contributed by atoms with E-state index in [0.29, 0.717) is 17.1 Å². The minimum absolute atomic E-state index is 0.282. The lowest BCUT2D eigenvalue weighted by atomic mass is 9.94. The summed E-state index contributed by atoms with van der Waals surface area (Å²) in [6.45, 7) is 0. The fourth-order valence-electron chi connectivity index (χ4n) is 2.93. The monoisotopic (exact) mass is 274 g/mol. The van der Waals surface area contributed by atoms with Gasteiger partial charge in [-0.05, 0) is 19.3 Å². The molecule has 0 aliphatic heterocycles. The van der Waals surface area contributed by atoms with Crippen LogP contribution in [0.1, 0.15) is 31.0 Å². The molecule has 0 saturated heterocycles. The minimum atomic E-state index is -0.337. The van der Waals surface area contributed by atoms with Gasteiger partial charge in [0.2, 0.25) is 0 Å². The van der Waals surface area contributed by atoms with Gasteiger partial charge in [-0.3, -0.25) is 13.9 Å². The first-order valence-electron chi connectivity index (χ1n) is 6.79. The van der Waals surface area contributed by atoms with Crippen LogP contribution in [0.25, 0.3) is 11.2 Å². The van der Waals surface area contributed by atoms with E-state index in [1.807, 2.05) is 11.6 Å². The summed E-state index contributed by atoms with van der Waals surface area (Å²) < 4.78 is 4.42. The molecular formula is C14H18N4O2. The van der Waals surface area contributed by atoms with E-state index >= 15 is 0 Å². The summed E-state index contributed by atoms with van der Waals surface area (Å²) in [7, 11) is 5.01. The third-order valence-corrected chi connectivity index (χ3v) is 4.14. The first-order valence-corrected chi connectivity index (χ1v) is 6.79. The van der Waals surface area contributed by atoms with Crippen LogP contribution in [0.15, 0.2) is 21.7 Å². The highest BCUT2D eigenvalue weighted by molar-refractivity contribution is 5.71. The highest BCUT2D eigenvalue weighted by Gasteiger charge is 2.22. The van der Waals surface area contributed by atoms with Crippen molar-refractivity contribution < 1.29 is 0 Å². The third kappa shape index (κ3) is 1.67. The molecule has 0 bridgehead atoms. The number of hydrogen-bond acceptors (Lipinski definition) is 3. The molecule has 0 aromatic carbocycles.